The Labute approximate surface area is 124 Å². The van der Waals surface area contributed by atoms with Gasteiger partial charge in [-0.15, -0.1) is 0 Å². The molecule has 3 rings (SSSR count). The highest BCUT2D eigenvalue weighted by atomic mass is 79.9. The van der Waals surface area contributed by atoms with Crippen LogP contribution in [0.1, 0.15) is 21.8 Å². The van der Waals surface area contributed by atoms with E-state index < -0.39 is 0 Å². The number of ketones is 1. The van der Waals surface area contributed by atoms with Gasteiger partial charge in [0.15, 0.2) is 11.4 Å². The third-order valence-corrected chi connectivity index (χ3v) is 3.63. The van der Waals surface area contributed by atoms with Crippen LogP contribution in [0.25, 0.3) is 11.1 Å². The first kappa shape index (κ1) is 13.1. The average molecular weight is 330 g/mol. The molecule has 0 aliphatic heterocycles. The Bertz CT molecular complexity index is 759. The molecule has 0 atom stereocenters. The lowest BCUT2D eigenvalue weighted by Gasteiger charge is -2.03. The number of carbonyl (C=O) groups excluding carboxylic acids is 1. The Morgan fingerprint density at radius 3 is 2.80 bits per heavy atom. The number of nitrogens with zero attached hydrogens (tertiary/aromatic N) is 1. The van der Waals surface area contributed by atoms with Crippen LogP contribution in [0, 0.1) is 6.92 Å². The molecular weight excluding hydrogens is 318 g/mol. The second-order valence-electron chi connectivity index (χ2n) is 4.63. The molecule has 0 unspecified atom stereocenters. The smallest absolute Gasteiger partial charge is 0.203 e. The second kappa shape index (κ2) is 5.21. The summed E-state index contributed by atoms with van der Waals surface area (Å²) in [5.74, 6) is 0.472. The van der Waals surface area contributed by atoms with Gasteiger partial charge in [0.25, 0.3) is 0 Å². The van der Waals surface area contributed by atoms with E-state index in [2.05, 4.69) is 20.9 Å². The summed E-state index contributed by atoms with van der Waals surface area (Å²) < 4.78 is 6.55. The Morgan fingerprint density at radius 1 is 1.25 bits per heavy atom. The molecule has 0 aliphatic rings. The molecule has 0 saturated heterocycles. The highest BCUT2D eigenvalue weighted by molar-refractivity contribution is 9.10. The number of aryl methyl sites for hydroxylation is 1. The minimum atomic E-state index is 0.0153. The number of rotatable bonds is 3. The van der Waals surface area contributed by atoms with Gasteiger partial charge in [-0.25, -0.2) is 4.98 Å². The average Bonchev–Trinajstić information content (AvgIpc) is 2.80. The van der Waals surface area contributed by atoms with Crippen LogP contribution in [-0.4, -0.2) is 10.8 Å². The Kier molecular flexibility index (Phi) is 3.40. The largest absolute Gasteiger partial charge is 0.440 e. The lowest BCUT2D eigenvalue weighted by atomic mass is 10.0. The molecule has 1 aromatic heterocycles. The fraction of sp³-hybridized carbons (Fsp3) is 0.125. The number of hydrogen-bond donors (Lipinski definition) is 0. The van der Waals surface area contributed by atoms with Gasteiger partial charge in [-0.2, -0.15) is 0 Å². The summed E-state index contributed by atoms with van der Waals surface area (Å²) >= 11 is 3.39. The highest BCUT2D eigenvalue weighted by Crippen LogP contribution is 2.19. The van der Waals surface area contributed by atoms with Crippen molar-refractivity contribution in [2.75, 3.05) is 0 Å². The van der Waals surface area contributed by atoms with Crippen molar-refractivity contribution in [3.8, 4) is 0 Å². The topological polar surface area (TPSA) is 43.1 Å². The summed E-state index contributed by atoms with van der Waals surface area (Å²) in [4.78, 5) is 16.6. The van der Waals surface area contributed by atoms with E-state index in [1.54, 1.807) is 0 Å². The number of aromatic nitrogens is 1. The maximum absolute atomic E-state index is 12.3. The molecule has 0 fully saturated rings. The van der Waals surface area contributed by atoms with Crippen LogP contribution in [-0.2, 0) is 6.42 Å². The third-order valence-electron chi connectivity index (χ3n) is 3.14. The van der Waals surface area contributed by atoms with E-state index in [-0.39, 0.29) is 12.2 Å². The maximum atomic E-state index is 12.3. The van der Waals surface area contributed by atoms with Crippen molar-refractivity contribution >= 4 is 32.8 Å². The van der Waals surface area contributed by atoms with Crippen LogP contribution < -0.4 is 0 Å². The molecule has 100 valence electrons. The van der Waals surface area contributed by atoms with E-state index in [9.17, 15) is 4.79 Å². The van der Waals surface area contributed by atoms with E-state index in [1.165, 1.54) is 0 Å². The SMILES string of the molecule is Cc1cc(Br)ccc1C(=O)Cc1nc2ccccc2o1. The normalized spacial score (nSPS) is 10.9. The van der Waals surface area contributed by atoms with Crippen LogP contribution in [0.2, 0.25) is 0 Å². The fourth-order valence-corrected chi connectivity index (χ4v) is 2.64. The van der Waals surface area contributed by atoms with Crippen molar-refractivity contribution < 1.29 is 9.21 Å². The maximum Gasteiger partial charge on any atom is 0.203 e. The van der Waals surface area contributed by atoms with E-state index in [0.29, 0.717) is 17.0 Å². The molecule has 0 amide bonds. The molecule has 0 saturated carbocycles. The van der Waals surface area contributed by atoms with Crippen LogP contribution in [0.3, 0.4) is 0 Å². The van der Waals surface area contributed by atoms with Crippen molar-refractivity contribution in [3.05, 3.63) is 64.0 Å². The summed E-state index contributed by atoms with van der Waals surface area (Å²) in [5, 5.41) is 0. The highest BCUT2D eigenvalue weighted by Gasteiger charge is 2.14. The second-order valence-corrected chi connectivity index (χ2v) is 5.55. The molecule has 0 aliphatic carbocycles. The van der Waals surface area contributed by atoms with Crippen molar-refractivity contribution in [3.63, 3.8) is 0 Å². The van der Waals surface area contributed by atoms with Crippen LogP contribution >= 0.6 is 15.9 Å². The van der Waals surface area contributed by atoms with Gasteiger partial charge in [0.2, 0.25) is 5.89 Å². The van der Waals surface area contributed by atoms with Gasteiger partial charge < -0.3 is 4.42 Å². The Balaban J connectivity index is 1.88. The summed E-state index contributed by atoms with van der Waals surface area (Å²) in [6.07, 6.45) is 0.178. The molecule has 20 heavy (non-hydrogen) atoms. The molecule has 0 N–H and O–H groups in total. The molecule has 3 aromatic rings. The van der Waals surface area contributed by atoms with Gasteiger partial charge in [0.1, 0.15) is 5.52 Å². The molecule has 0 spiro atoms. The summed E-state index contributed by atoms with van der Waals surface area (Å²) in [6.45, 7) is 1.92. The molecule has 4 heteroatoms. The van der Waals surface area contributed by atoms with Crippen LogP contribution in [0.15, 0.2) is 51.4 Å². The fourth-order valence-electron chi connectivity index (χ4n) is 2.17. The van der Waals surface area contributed by atoms with Gasteiger partial charge >= 0.3 is 0 Å². The first-order valence-electron chi connectivity index (χ1n) is 6.27. The van der Waals surface area contributed by atoms with E-state index >= 15 is 0 Å². The molecule has 1 heterocycles. The number of fused-ring (bicyclic) bond motifs is 1. The molecule has 0 radical (unpaired) electrons. The lowest BCUT2D eigenvalue weighted by Crippen LogP contribution is -2.05. The van der Waals surface area contributed by atoms with Crippen LogP contribution in [0.5, 0.6) is 0 Å². The van der Waals surface area contributed by atoms with Crippen LogP contribution in [0.4, 0.5) is 0 Å². The van der Waals surface area contributed by atoms with Gasteiger partial charge in [-0.05, 0) is 36.8 Å². The predicted octanol–water partition coefficient (Wildman–Crippen LogP) is 4.32. The van der Waals surface area contributed by atoms with Crippen molar-refractivity contribution in [2.24, 2.45) is 0 Å². The van der Waals surface area contributed by atoms with Crippen molar-refractivity contribution in [1.82, 2.24) is 4.98 Å². The third kappa shape index (κ3) is 2.51. The minimum Gasteiger partial charge on any atom is -0.440 e. The number of para-hydroxylation sites is 2. The first-order chi connectivity index (χ1) is 9.63. The van der Waals surface area contributed by atoms with E-state index in [0.717, 1.165) is 15.6 Å². The van der Waals surface area contributed by atoms with Gasteiger partial charge in [0.05, 0.1) is 6.42 Å². The summed E-state index contributed by atoms with van der Waals surface area (Å²) in [7, 11) is 0. The van der Waals surface area contributed by atoms with Gasteiger partial charge in [-0.1, -0.05) is 34.1 Å². The zero-order valence-electron chi connectivity index (χ0n) is 10.9. The van der Waals surface area contributed by atoms with Gasteiger partial charge in [0, 0.05) is 10.0 Å². The number of carbonyl (C=O) groups is 1. The quantitative estimate of drug-likeness (QED) is 0.672. The van der Waals surface area contributed by atoms with E-state index in [4.69, 9.17) is 4.42 Å². The molecule has 2 aromatic carbocycles. The number of Topliss-reactive ketones (excluding diaryl/α,β-unsaturated/α-hetero) is 1. The minimum absolute atomic E-state index is 0.0153. The van der Waals surface area contributed by atoms with Gasteiger partial charge in [-0.3, -0.25) is 4.79 Å². The van der Waals surface area contributed by atoms with Crippen molar-refractivity contribution in [2.45, 2.75) is 13.3 Å². The molecule has 3 nitrogen and oxygen atoms in total. The van der Waals surface area contributed by atoms with E-state index in [1.807, 2.05) is 49.4 Å². The van der Waals surface area contributed by atoms with Crippen molar-refractivity contribution in [1.29, 1.82) is 0 Å². The number of hydrogen-bond acceptors (Lipinski definition) is 3. The molecule has 0 bridgehead atoms. The number of benzene rings is 2. The number of oxazole rings is 1. The summed E-state index contributed by atoms with van der Waals surface area (Å²) in [5.41, 5.74) is 3.14. The Hall–Kier alpha value is -1.94. The monoisotopic (exact) mass is 329 g/mol. The zero-order valence-corrected chi connectivity index (χ0v) is 12.5. The lowest BCUT2D eigenvalue weighted by molar-refractivity contribution is 0.0985. The first-order valence-corrected chi connectivity index (χ1v) is 7.06. The summed E-state index contributed by atoms with van der Waals surface area (Å²) in [6, 6.07) is 13.1. The standard InChI is InChI=1S/C16H12BrNO2/c1-10-8-11(17)6-7-12(10)14(19)9-16-18-13-4-2-3-5-15(13)20-16/h2-8H,9H2,1H3. The zero-order chi connectivity index (χ0) is 14.1. The predicted molar refractivity (Wildman–Crippen MR) is 80.9 cm³/mol. The number of halogens is 1. The Morgan fingerprint density at radius 2 is 2.05 bits per heavy atom. The molecular formula is C16H12BrNO2.